The van der Waals surface area contributed by atoms with Gasteiger partial charge >= 0.3 is 11.9 Å². The highest BCUT2D eigenvalue weighted by Crippen LogP contribution is 2.42. The molecule has 0 bridgehead atoms. The molecule has 3 fully saturated rings. The molecule has 3 heterocycles. The van der Waals surface area contributed by atoms with Gasteiger partial charge in [-0.05, 0) is 133 Å². The first-order valence-electron chi connectivity index (χ1n) is 24.4. The molecule has 356 valence electrons. The predicted octanol–water partition coefficient (Wildman–Crippen LogP) is 11.6. The van der Waals surface area contributed by atoms with Gasteiger partial charge in [0.1, 0.15) is 12.2 Å². The fourth-order valence-corrected chi connectivity index (χ4v) is 11.2. The number of hydroxylamine groups is 6. The van der Waals surface area contributed by atoms with E-state index in [-0.39, 0.29) is 51.5 Å². The highest BCUT2D eigenvalue weighted by atomic mass is 16.7. The third-order valence-electron chi connectivity index (χ3n) is 13.3. The minimum absolute atomic E-state index is 0.187. The maximum absolute atomic E-state index is 13.6. The highest BCUT2D eigenvalue weighted by Gasteiger charge is 2.50. The van der Waals surface area contributed by atoms with Crippen molar-refractivity contribution in [1.82, 2.24) is 15.2 Å². The zero-order chi connectivity index (χ0) is 46.0. The lowest BCUT2D eigenvalue weighted by molar-refractivity contribution is -0.292. The van der Waals surface area contributed by atoms with Crippen molar-refractivity contribution in [1.29, 1.82) is 0 Å². The Kier molecular flexibility index (Phi) is 19.0. The average molecular weight is 872 g/mol. The van der Waals surface area contributed by atoms with Crippen LogP contribution in [-0.2, 0) is 24.0 Å². The second-order valence-electron chi connectivity index (χ2n) is 22.7. The van der Waals surface area contributed by atoms with Crippen molar-refractivity contribution in [2.24, 2.45) is 0 Å². The summed E-state index contributed by atoms with van der Waals surface area (Å²) in [6.45, 7) is 30.1. The number of hydrogen-bond acceptors (Lipinski definition) is 11. The lowest BCUT2D eigenvalue weighted by atomic mass is 9.80. The molecule has 62 heavy (non-hydrogen) atoms. The van der Waals surface area contributed by atoms with Crippen molar-refractivity contribution in [2.45, 2.75) is 257 Å². The van der Waals surface area contributed by atoms with E-state index in [1.54, 1.807) is 24.3 Å². The van der Waals surface area contributed by atoms with Gasteiger partial charge in [0, 0.05) is 58.9 Å². The standard InChI is InChI=1S/C51H89N3O8/c1-14-15-16-17-20-23-30-59-53-48(6,7)35-42(36-49(53,8)9)61-44(56)39-27-26-28-40(32-39)45(57)62-43-37-50(10,11)54(51(12,13)38-43)60-31-25-22-19-18-21-24-29-58-52-46(2,3)33-41(55)34-47(52,4)5/h26-28,32,41-43,55H,14-25,29-31,33-38H2,1-13H3. The van der Waals surface area contributed by atoms with Crippen LogP contribution in [0.2, 0.25) is 0 Å². The molecule has 0 unspecified atom stereocenters. The van der Waals surface area contributed by atoms with Crippen molar-refractivity contribution < 1.29 is 38.7 Å². The Morgan fingerprint density at radius 1 is 0.500 bits per heavy atom. The molecule has 1 aromatic carbocycles. The topological polar surface area (TPSA) is 110 Å². The number of esters is 2. The van der Waals surface area contributed by atoms with Gasteiger partial charge in [0.25, 0.3) is 0 Å². The van der Waals surface area contributed by atoms with Gasteiger partial charge in [-0.3, -0.25) is 14.5 Å². The molecule has 3 saturated heterocycles. The smallest absolute Gasteiger partial charge is 0.338 e. The molecule has 3 aliphatic heterocycles. The number of piperidine rings is 3. The van der Waals surface area contributed by atoms with Crippen LogP contribution in [0.15, 0.2) is 24.3 Å². The Labute approximate surface area is 377 Å². The van der Waals surface area contributed by atoms with Crippen molar-refractivity contribution in [3.8, 4) is 0 Å². The Hall–Kier alpha value is -2.12. The van der Waals surface area contributed by atoms with Gasteiger partial charge in [-0.15, -0.1) is 0 Å². The fourth-order valence-electron chi connectivity index (χ4n) is 11.2. The monoisotopic (exact) mass is 872 g/mol. The van der Waals surface area contributed by atoms with Crippen LogP contribution in [-0.4, -0.2) is 104 Å². The van der Waals surface area contributed by atoms with E-state index in [4.69, 9.17) is 24.0 Å². The van der Waals surface area contributed by atoms with Crippen molar-refractivity contribution in [2.75, 3.05) is 19.8 Å². The Balaban J connectivity index is 1.18. The van der Waals surface area contributed by atoms with Gasteiger partial charge in [-0.2, -0.15) is 15.2 Å². The van der Waals surface area contributed by atoms with Gasteiger partial charge in [0.15, 0.2) is 0 Å². The highest BCUT2D eigenvalue weighted by molar-refractivity contribution is 5.95. The number of hydrogen-bond donors (Lipinski definition) is 1. The van der Waals surface area contributed by atoms with Gasteiger partial charge in [-0.1, -0.05) is 70.8 Å². The lowest BCUT2D eigenvalue weighted by Gasteiger charge is -2.53. The van der Waals surface area contributed by atoms with E-state index in [0.29, 0.717) is 56.6 Å². The molecule has 0 amide bonds. The van der Waals surface area contributed by atoms with E-state index in [2.05, 4.69) is 105 Å². The molecule has 0 aromatic heterocycles. The third kappa shape index (κ3) is 15.0. The van der Waals surface area contributed by atoms with Crippen molar-refractivity contribution in [3.63, 3.8) is 0 Å². The van der Waals surface area contributed by atoms with E-state index in [1.807, 2.05) is 0 Å². The number of aliphatic hydroxyl groups excluding tert-OH is 1. The number of rotatable bonds is 23. The summed E-state index contributed by atoms with van der Waals surface area (Å²) in [5.41, 5.74) is -1.05. The Morgan fingerprint density at radius 3 is 1.11 bits per heavy atom. The summed E-state index contributed by atoms with van der Waals surface area (Å²) >= 11 is 0. The Bertz CT molecular complexity index is 1500. The molecule has 0 spiro atoms. The minimum atomic E-state index is -0.436. The summed E-state index contributed by atoms with van der Waals surface area (Å²) in [4.78, 5) is 46.3. The largest absolute Gasteiger partial charge is 0.459 e. The number of aliphatic hydroxyl groups is 1. The number of ether oxygens (including phenoxy) is 2. The van der Waals surface area contributed by atoms with Crippen molar-refractivity contribution in [3.05, 3.63) is 35.4 Å². The van der Waals surface area contributed by atoms with Gasteiger partial charge < -0.3 is 14.6 Å². The summed E-state index contributed by atoms with van der Waals surface area (Å²) in [7, 11) is 0. The predicted molar refractivity (Wildman–Crippen MR) is 247 cm³/mol. The van der Waals surface area contributed by atoms with Crippen LogP contribution in [0.4, 0.5) is 0 Å². The number of carbonyl (C=O) groups excluding carboxylic acids is 2. The van der Waals surface area contributed by atoms with Crippen LogP contribution in [0.25, 0.3) is 0 Å². The van der Waals surface area contributed by atoms with E-state index in [9.17, 15) is 14.7 Å². The molecule has 0 atom stereocenters. The molecule has 1 aromatic rings. The van der Waals surface area contributed by atoms with E-state index < -0.39 is 11.9 Å². The summed E-state index contributed by atoms with van der Waals surface area (Å²) in [5, 5.41) is 16.7. The SMILES string of the molecule is CCCCCCCCON1C(C)(C)CC(OC(=O)c2cccc(C(=O)OC3CC(C)(C)N(OCCCCCCCCON4C(C)(C)CC(O)CC4(C)C)C(C)(C)C3)c2)CC1(C)C. The number of unbranched alkanes of at least 4 members (excludes halogenated alkanes) is 10. The zero-order valence-electron chi connectivity index (χ0n) is 41.5. The maximum atomic E-state index is 13.6. The van der Waals surface area contributed by atoms with Crippen LogP contribution in [0.5, 0.6) is 0 Å². The fraction of sp³-hybridized carbons (Fsp3) is 0.843. The summed E-state index contributed by atoms with van der Waals surface area (Å²) < 4.78 is 12.3. The molecule has 0 aliphatic carbocycles. The van der Waals surface area contributed by atoms with E-state index in [0.717, 1.165) is 57.8 Å². The molecular weight excluding hydrogens is 783 g/mol. The number of nitrogens with zero attached hydrogens (tertiary/aromatic N) is 3. The molecule has 0 saturated carbocycles. The molecule has 3 aliphatic rings. The lowest BCUT2D eigenvalue weighted by Crippen LogP contribution is -2.62. The van der Waals surface area contributed by atoms with Crippen LogP contribution in [0, 0.1) is 0 Å². The summed E-state index contributed by atoms with van der Waals surface area (Å²) in [6.07, 6.45) is 17.0. The van der Waals surface area contributed by atoms with E-state index in [1.165, 1.54) is 32.1 Å². The molecule has 1 N–H and O–H groups in total. The molecule has 11 nitrogen and oxygen atoms in total. The second kappa shape index (κ2) is 22.4. The maximum Gasteiger partial charge on any atom is 0.338 e. The van der Waals surface area contributed by atoms with Gasteiger partial charge in [0.2, 0.25) is 0 Å². The van der Waals surface area contributed by atoms with E-state index >= 15 is 0 Å². The quantitative estimate of drug-likeness (QED) is 0.0838. The van der Waals surface area contributed by atoms with Crippen LogP contribution in [0.3, 0.4) is 0 Å². The van der Waals surface area contributed by atoms with Gasteiger partial charge in [0.05, 0.1) is 37.1 Å². The van der Waals surface area contributed by atoms with Crippen LogP contribution in [0.1, 0.15) is 226 Å². The minimum Gasteiger partial charge on any atom is -0.459 e. The normalized spacial score (nSPS) is 23.0. The van der Waals surface area contributed by atoms with Crippen LogP contribution >= 0.6 is 0 Å². The van der Waals surface area contributed by atoms with Gasteiger partial charge in [-0.25, -0.2) is 9.59 Å². The second-order valence-corrected chi connectivity index (χ2v) is 22.7. The average Bonchev–Trinajstić information content (AvgIpc) is 3.13. The Morgan fingerprint density at radius 2 is 0.790 bits per heavy atom. The van der Waals surface area contributed by atoms with Crippen molar-refractivity contribution >= 4 is 11.9 Å². The van der Waals surface area contributed by atoms with Crippen LogP contribution < -0.4 is 0 Å². The summed E-state index contributed by atoms with van der Waals surface area (Å²) in [6, 6.07) is 6.74. The first-order chi connectivity index (χ1) is 28.9. The number of benzene rings is 1. The third-order valence-corrected chi connectivity index (χ3v) is 13.3. The molecular formula is C51H89N3O8. The first kappa shape index (κ1) is 52.5. The number of carbonyl (C=O) groups is 2. The molecule has 4 rings (SSSR count). The molecule has 0 radical (unpaired) electrons. The summed E-state index contributed by atoms with van der Waals surface area (Å²) in [5.74, 6) is -0.867. The first-order valence-corrected chi connectivity index (χ1v) is 24.4. The zero-order valence-corrected chi connectivity index (χ0v) is 41.5. The molecule has 11 heteroatoms.